The van der Waals surface area contributed by atoms with Crippen LogP contribution in [0.4, 0.5) is 0 Å². The van der Waals surface area contributed by atoms with Gasteiger partial charge < -0.3 is 14.7 Å². The molecule has 0 saturated carbocycles. The van der Waals surface area contributed by atoms with E-state index in [1.807, 2.05) is 13.0 Å². The number of hydrogen-bond acceptors (Lipinski definition) is 3. The number of halogens is 1. The number of carbonyl (C=O) groups excluding carboxylic acids is 1. The maximum Gasteiger partial charge on any atom is 0.260 e. The van der Waals surface area contributed by atoms with Gasteiger partial charge >= 0.3 is 0 Å². The van der Waals surface area contributed by atoms with E-state index in [9.17, 15) is 9.90 Å². The van der Waals surface area contributed by atoms with Crippen molar-refractivity contribution in [2.45, 2.75) is 25.9 Å². The maximum absolute atomic E-state index is 11.9. The van der Waals surface area contributed by atoms with Crippen molar-refractivity contribution in [3.05, 3.63) is 28.8 Å². The van der Waals surface area contributed by atoms with Crippen LogP contribution in [0.25, 0.3) is 0 Å². The number of β-amino-alcohol motifs (C(OH)–C–C–N with tert-alkyl or cyclic N) is 1. The predicted octanol–water partition coefficient (Wildman–Crippen LogP) is 2.01. The van der Waals surface area contributed by atoms with Crippen LogP contribution in [0.1, 0.15) is 18.9 Å². The van der Waals surface area contributed by atoms with Crippen LogP contribution in [0.3, 0.4) is 0 Å². The monoisotopic (exact) mass is 283 g/mol. The summed E-state index contributed by atoms with van der Waals surface area (Å²) in [4.78, 5) is 13.6. The highest BCUT2D eigenvalue weighted by Gasteiger charge is 2.33. The lowest BCUT2D eigenvalue weighted by Gasteiger charge is -2.19. The Morgan fingerprint density at radius 3 is 2.95 bits per heavy atom. The highest BCUT2D eigenvalue weighted by Crippen LogP contribution is 2.25. The molecule has 0 radical (unpaired) electrons. The summed E-state index contributed by atoms with van der Waals surface area (Å²) in [6, 6.07) is 5.43. The molecule has 0 bridgehead atoms. The van der Waals surface area contributed by atoms with Gasteiger partial charge in [-0.2, -0.15) is 0 Å². The fourth-order valence-electron chi connectivity index (χ4n) is 2.11. The molecule has 4 nitrogen and oxygen atoms in total. The number of nitrogens with zero attached hydrogens (tertiary/aromatic N) is 1. The number of hydrogen-bond donors (Lipinski definition) is 1. The number of aliphatic hydroxyl groups is 1. The minimum atomic E-state index is -0.781. The number of benzene rings is 1. The number of likely N-dealkylation sites (tertiary alicyclic amines) is 1. The highest BCUT2D eigenvalue weighted by molar-refractivity contribution is 6.32. The molecule has 0 aliphatic carbocycles. The molecular weight excluding hydrogens is 266 g/mol. The lowest BCUT2D eigenvalue weighted by molar-refractivity contribution is -0.133. The minimum Gasteiger partial charge on any atom is -0.482 e. The van der Waals surface area contributed by atoms with Crippen LogP contribution in [0, 0.1) is 6.92 Å². The van der Waals surface area contributed by atoms with Crippen molar-refractivity contribution in [2.75, 3.05) is 19.7 Å². The van der Waals surface area contributed by atoms with Crippen LogP contribution in [0.2, 0.25) is 5.02 Å². The van der Waals surface area contributed by atoms with Gasteiger partial charge in [0.15, 0.2) is 6.61 Å². The van der Waals surface area contributed by atoms with Gasteiger partial charge in [0.05, 0.1) is 10.6 Å². The van der Waals surface area contributed by atoms with Crippen LogP contribution < -0.4 is 4.74 Å². The van der Waals surface area contributed by atoms with Gasteiger partial charge in [0, 0.05) is 13.1 Å². The van der Waals surface area contributed by atoms with Crippen molar-refractivity contribution in [2.24, 2.45) is 0 Å². The van der Waals surface area contributed by atoms with Gasteiger partial charge in [-0.05, 0) is 38.0 Å². The predicted molar refractivity (Wildman–Crippen MR) is 73.5 cm³/mol. The second-order valence-corrected chi connectivity index (χ2v) is 5.69. The van der Waals surface area contributed by atoms with Gasteiger partial charge in [0.2, 0.25) is 0 Å². The molecule has 1 fully saturated rings. The Balaban J connectivity index is 1.92. The minimum absolute atomic E-state index is 0.0563. The van der Waals surface area contributed by atoms with Gasteiger partial charge in [0.1, 0.15) is 5.75 Å². The SMILES string of the molecule is Cc1ccc(Cl)c(OCC(=O)N2CCC(C)(O)C2)c1. The van der Waals surface area contributed by atoms with E-state index in [4.69, 9.17) is 16.3 Å². The topological polar surface area (TPSA) is 49.8 Å². The van der Waals surface area contributed by atoms with Crippen molar-refractivity contribution in [1.82, 2.24) is 4.90 Å². The maximum atomic E-state index is 11.9. The standard InChI is InChI=1S/C14H18ClNO3/c1-10-3-4-11(15)12(7-10)19-8-13(17)16-6-5-14(2,18)9-16/h3-4,7,18H,5-6,8-9H2,1-2H3. The first kappa shape index (κ1) is 14.2. The number of carbonyl (C=O) groups is 1. The second-order valence-electron chi connectivity index (χ2n) is 5.28. The van der Waals surface area contributed by atoms with E-state index >= 15 is 0 Å². The van der Waals surface area contributed by atoms with Crippen LogP contribution in [-0.2, 0) is 4.79 Å². The Kier molecular flexibility index (Phi) is 4.02. The molecular formula is C14H18ClNO3. The quantitative estimate of drug-likeness (QED) is 0.923. The van der Waals surface area contributed by atoms with E-state index in [2.05, 4.69) is 0 Å². The Labute approximate surface area is 117 Å². The molecule has 1 aromatic rings. The fourth-order valence-corrected chi connectivity index (χ4v) is 2.28. The first-order valence-electron chi connectivity index (χ1n) is 6.26. The zero-order valence-corrected chi connectivity index (χ0v) is 11.9. The summed E-state index contributed by atoms with van der Waals surface area (Å²) in [6.07, 6.45) is 0.601. The van der Waals surface area contributed by atoms with E-state index in [0.717, 1.165) is 5.56 Å². The zero-order chi connectivity index (χ0) is 14.0. The van der Waals surface area contributed by atoms with E-state index < -0.39 is 5.60 Å². The first-order valence-corrected chi connectivity index (χ1v) is 6.64. The molecule has 1 unspecified atom stereocenters. The van der Waals surface area contributed by atoms with Gasteiger partial charge in [-0.1, -0.05) is 17.7 Å². The van der Waals surface area contributed by atoms with Crippen LogP contribution in [0.5, 0.6) is 5.75 Å². The second kappa shape index (κ2) is 5.39. The lowest BCUT2D eigenvalue weighted by atomic mass is 10.1. The molecule has 0 spiro atoms. The van der Waals surface area contributed by atoms with Crippen molar-refractivity contribution < 1.29 is 14.6 Å². The van der Waals surface area contributed by atoms with Crippen LogP contribution >= 0.6 is 11.6 Å². The Morgan fingerprint density at radius 1 is 1.58 bits per heavy atom. The molecule has 5 heteroatoms. The summed E-state index contributed by atoms with van der Waals surface area (Å²) in [5, 5.41) is 10.3. The third-order valence-corrected chi connectivity index (χ3v) is 3.55. The smallest absolute Gasteiger partial charge is 0.260 e. The van der Waals surface area contributed by atoms with Gasteiger partial charge in [0.25, 0.3) is 5.91 Å². The van der Waals surface area contributed by atoms with Crippen molar-refractivity contribution in [3.63, 3.8) is 0 Å². The third-order valence-electron chi connectivity index (χ3n) is 3.24. The molecule has 1 N–H and O–H groups in total. The van der Waals surface area contributed by atoms with Crippen LogP contribution in [-0.4, -0.2) is 41.2 Å². The number of ether oxygens (including phenoxy) is 1. The zero-order valence-electron chi connectivity index (χ0n) is 11.1. The average molecular weight is 284 g/mol. The summed E-state index contributed by atoms with van der Waals surface area (Å²) in [6.45, 7) is 4.54. The summed E-state index contributed by atoms with van der Waals surface area (Å²) in [5.74, 6) is 0.385. The molecule has 0 aromatic heterocycles. The third kappa shape index (κ3) is 3.61. The molecule has 1 amide bonds. The first-order chi connectivity index (χ1) is 8.87. The largest absolute Gasteiger partial charge is 0.482 e. The van der Waals surface area contributed by atoms with Crippen molar-refractivity contribution in [3.8, 4) is 5.75 Å². The van der Waals surface area contributed by atoms with E-state index in [0.29, 0.717) is 30.3 Å². The molecule has 1 heterocycles. The molecule has 1 aliphatic heterocycles. The van der Waals surface area contributed by atoms with Gasteiger partial charge in [-0.3, -0.25) is 4.79 Å². The number of rotatable bonds is 3. The average Bonchev–Trinajstić information content (AvgIpc) is 2.70. The summed E-state index contributed by atoms with van der Waals surface area (Å²) >= 11 is 5.99. The molecule has 1 aromatic carbocycles. The fraction of sp³-hybridized carbons (Fsp3) is 0.500. The van der Waals surface area contributed by atoms with E-state index in [1.54, 1.807) is 24.0 Å². The Morgan fingerprint density at radius 2 is 2.32 bits per heavy atom. The Hall–Kier alpha value is -1.26. The van der Waals surface area contributed by atoms with Gasteiger partial charge in [-0.15, -0.1) is 0 Å². The van der Waals surface area contributed by atoms with E-state index in [1.165, 1.54) is 0 Å². The molecule has 2 rings (SSSR count). The van der Waals surface area contributed by atoms with Crippen molar-refractivity contribution in [1.29, 1.82) is 0 Å². The van der Waals surface area contributed by atoms with E-state index in [-0.39, 0.29) is 12.5 Å². The molecule has 1 atom stereocenters. The highest BCUT2D eigenvalue weighted by atomic mass is 35.5. The van der Waals surface area contributed by atoms with Crippen LogP contribution in [0.15, 0.2) is 18.2 Å². The summed E-state index contributed by atoms with van der Waals surface area (Å²) in [5.41, 5.74) is 0.243. The Bertz CT molecular complexity index is 488. The van der Waals surface area contributed by atoms with Crippen molar-refractivity contribution >= 4 is 17.5 Å². The molecule has 19 heavy (non-hydrogen) atoms. The molecule has 1 saturated heterocycles. The lowest BCUT2D eigenvalue weighted by Crippen LogP contribution is -2.36. The molecule has 1 aliphatic rings. The number of amides is 1. The van der Waals surface area contributed by atoms with Gasteiger partial charge in [-0.25, -0.2) is 0 Å². The normalized spacial score (nSPS) is 22.6. The summed E-state index contributed by atoms with van der Waals surface area (Å²) < 4.78 is 5.46. The number of aryl methyl sites for hydroxylation is 1. The molecule has 104 valence electrons. The summed E-state index contributed by atoms with van der Waals surface area (Å²) in [7, 11) is 0.